The molecule has 2 aromatic rings. The second-order valence-corrected chi connectivity index (χ2v) is 3.78. The molecular formula is C8H9N3S. The van der Waals surface area contributed by atoms with Crippen LogP contribution in [0, 0.1) is 6.92 Å². The van der Waals surface area contributed by atoms with Gasteiger partial charge in [0.25, 0.3) is 0 Å². The predicted octanol–water partition coefficient (Wildman–Crippen LogP) is 1.70. The zero-order valence-electron chi connectivity index (χ0n) is 6.77. The number of rotatable bonds is 2. The number of aromatic nitrogens is 3. The first-order valence-electron chi connectivity index (χ1n) is 3.73. The third-order valence-corrected chi connectivity index (χ3v) is 2.51. The number of hydrogen-bond donors (Lipinski definition) is 0. The Morgan fingerprint density at radius 2 is 2.50 bits per heavy atom. The molecule has 4 heteroatoms. The Labute approximate surface area is 74.7 Å². The highest BCUT2D eigenvalue weighted by molar-refractivity contribution is 7.10. The molecule has 12 heavy (non-hydrogen) atoms. The summed E-state index contributed by atoms with van der Waals surface area (Å²) in [6, 6.07) is 2.17. The molecule has 0 fully saturated rings. The van der Waals surface area contributed by atoms with E-state index >= 15 is 0 Å². The first kappa shape index (κ1) is 7.49. The minimum atomic E-state index is 0.824. The summed E-state index contributed by atoms with van der Waals surface area (Å²) < 4.78 is 1.82. The second kappa shape index (κ2) is 3.06. The van der Waals surface area contributed by atoms with Crippen LogP contribution in [0.25, 0.3) is 0 Å². The standard InChI is InChI=1S/C8H9N3S/c1-7-4-8(6-12-7)5-11-3-2-9-10-11/h2-4,6H,5H2,1H3. The average molecular weight is 179 g/mol. The molecule has 0 radical (unpaired) electrons. The van der Waals surface area contributed by atoms with E-state index < -0.39 is 0 Å². The van der Waals surface area contributed by atoms with E-state index in [9.17, 15) is 0 Å². The molecule has 0 spiro atoms. The van der Waals surface area contributed by atoms with Gasteiger partial charge in [-0.3, -0.25) is 0 Å². The molecule has 0 aliphatic rings. The summed E-state index contributed by atoms with van der Waals surface area (Å²) in [4.78, 5) is 1.34. The van der Waals surface area contributed by atoms with Crippen LogP contribution in [0.3, 0.4) is 0 Å². The molecular weight excluding hydrogens is 170 g/mol. The lowest BCUT2D eigenvalue weighted by Gasteiger charge is -1.94. The minimum absolute atomic E-state index is 0.824. The second-order valence-electron chi connectivity index (χ2n) is 2.67. The van der Waals surface area contributed by atoms with Gasteiger partial charge in [0.05, 0.1) is 12.7 Å². The third kappa shape index (κ3) is 1.53. The van der Waals surface area contributed by atoms with E-state index in [1.165, 1.54) is 10.4 Å². The first-order chi connectivity index (χ1) is 5.84. The van der Waals surface area contributed by atoms with Gasteiger partial charge in [-0.1, -0.05) is 5.21 Å². The summed E-state index contributed by atoms with van der Waals surface area (Å²) in [6.07, 6.45) is 3.56. The van der Waals surface area contributed by atoms with Crippen molar-refractivity contribution in [2.45, 2.75) is 13.5 Å². The average Bonchev–Trinajstić information content (AvgIpc) is 2.63. The van der Waals surface area contributed by atoms with E-state index in [2.05, 4.69) is 28.7 Å². The van der Waals surface area contributed by atoms with Gasteiger partial charge < -0.3 is 0 Å². The van der Waals surface area contributed by atoms with Gasteiger partial charge in [-0.05, 0) is 23.9 Å². The van der Waals surface area contributed by atoms with Gasteiger partial charge in [-0.2, -0.15) is 0 Å². The molecule has 0 atom stereocenters. The molecule has 3 nitrogen and oxygen atoms in total. The highest BCUT2D eigenvalue weighted by Crippen LogP contribution is 2.13. The molecule has 0 aromatic carbocycles. The lowest BCUT2D eigenvalue weighted by atomic mass is 10.3. The fraction of sp³-hybridized carbons (Fsp3) is 0.250. The largest absolute Gasteiger partial charge is 0.248 e. The highest BCUT2D eigenvalue weighted by atomic mass is 32.1. The summed E-state index contributed by atoms with van der Waals surface area (Å²) in [7, 11) is 0. The van der Waals surface area contributed by atoms with Crippen LogP contribution < -0.4 is 0 Å². The van der Waals surface area contributed by atoms with Crippen LogP contribution in [0.15, 0.2) is 23.8 Å². The van der Waals surface area contributed by atoms with Gasteiger partial charge >= 0.3 is 0 Å². The molecule has 62 valence electrons. The molecule has 0 unspecified atom stereocenters. The van der Waals surface area contributed by atoms with Crippen molar-refractivity contribution in [3.8, 4) is 0 Å². The topological polar surface area (TPSA) is 30.7 Å². The third-order valence-electron chi connectivity index (χ3n) is 1.60. The molecule has 0 bridgehead atoms. The summed E-state index contributed by atoms with van der Waals surface area (Å²) >= 11 is 1.76. The SMILES string of the molecule is Cc1cc(Cn2ccnn2)cs1. The minimum Gasteiger partial charge on any atom is -0.248 e. The smallest absolute Gasteiger partial charge is 0.0693 e. The highest BCUT2D eigenvalue weighted by Gasteiger charge is 1.97. The van der Waals surface area contributed by atoms with E-state index in [1.54, 1.807) is 17.5 Å². The fourth-order valence-electron chi connectivity index (χ4n) is 1.08. The monoisotopic (exact) mass is 179 g/mol. The Morgan fingerprint density at radius 3 is 3.08 bits per heavy atom. The van der Waals surface area contributed by atoms with E-state index in [-0.39, 0.29) is 0 Å². The van der Waals surface area contributed by atoms with E-state index in [1.807, 2.05) is 10.9 Å². The summed E-state index contributed by atoms with van der Waals surface area (Å²) in [6.45, 7) is 2.93. The van der Waals surface area contributed by atoms with Crippen LogP contribution in [0.5, 0.6) is 0 Å². The van der Waals surface area contributed by atoms with Crippen molar-refractivity contribution in [1.82, 2.24) is 15.0 Å². The molecule has 0 amide bonds. The molecule has 2 heterocycles. The van der Waals surface area contributed by atoms with Crippen molar-refractivity contribution in [3.63, 3.8) is 0 Å². The molecule has 0 aliphatic heterocycles. The maximum absolute atomic E-state index is 3.89. The van der Waals surface area contributed by atoms with Crippen molar-refractivity contribution in [2.24, 2.45) is 0 Å². The van der Waals surface area contributed by atoms with Gasteiger partial charge in [-0.15, -0.1) is 16.4 Å². The number of hydrogen-bond acceptors (Lipinski definition) is 3. The Morgan fingerprint density at radius 1 is 1.58 bits per heavy atom. The quantitative estimate of drug-likeness (QED) is 0.702. The van der Waals surface area contributed by atoms with Crippen LogP contribution >= 0.6 is 11.3 Å². The Kier molecular flexibility index (Phi) is 1.91. The van der Waals surface area contributed by atoms with Crippen LogP contribution in [0.2, 0.25) is 0 Å². The number of nitrogens with zero attached hydrogens (tertiary/aromatic N) is 3. The Bertz CT molecular complexity index is 350. The predicted molar refractivity (Wildman–Crippen MR) is 48.2 cm³/mol. The zero-order valence-corrected chi connectivity index (χ0v) is 7.58. The Hall–Kier alpha value is -1.16. The maximum atomic E-state index is 3.89. The van der Waals surface area contributed by atoms with Crippen molar-refractivity contribution in [3.05, 3.63) is 34.3 Å². The first-order valence-corrected chi connectivity index (χ1v) is 4.61. The van der Waals surface area contributed by atoms with Gasteiger partial charge in [-0.25, -0.2) is 4.68 Å². The summed E-state index contributed by atoms with van der Waals surface area (Å²) in [5, 5.41) is 9.78. The van der Waals surface area contributed by atoms with Gasteiger partial charge in [0, 0.05) is 11.1 Å². The van der Waals surface area contributed by atoms with Crippen LogP contribution in [-0.4, -0.2) is 15.0 Å². The Balaban J connectivity index is 2.14. The normalized spacial score (nSPS) is 10.4. The molecule has 0 saturated carbocycles. The fourth-order valence-corrected chi connectivity index (χ4v) is 1.78. The van der Waals surface area contributed by atoms with Crippen LogP contribution in [0.1, 0.15) is 10.4 Å². The molecule has 0 saturated heterocycles. The lowest BCUT2D eigenvalue weighted by Crippen LogP contribution is -1.98. The van der Waals surface area contributed by atoms with Crippen molar-refractivity contribution in [1.29, 1.82) is 0 Å². The van der Waals surface area contributed by atoms with E-state index in [0.717, 1.165) is 6.54 Å². The van der Waals surface area contributed by atoms with Crippen LogP contribution in [-0.2, 0) is 6.54 Å². The zero-order chi connectivity index (χ0) is 8.39. The van der Waals surface area contributed by atoms with Crippen molar-refractivity contribution >= 4 is 11.3 Å². The van der Waals surface area contributed by atoms with Gasteiger partial charge in [0.1, 0.15) is 0 Å². The summed E-state index contributed by atoms with van der Waals surface area (Å²) in [5.74, 6) is 0. The lowest BCUT2D eigenvalue weighted by molar-refractivity contribution is 0.651. The van der Waals surface area contributed by atoms with E-state index in [4.69, 9.17) is 0 Å². The van der Waals surface area contributed by atoms with Crippen LogP contribution in [0.4, 0.5) is 0 Å². The summed E-state index contributed by atoms with van der Waals surface area (Å²) in [5.41, 5.74) is 1.29. The molecule has 0 aliphatic carbocycles. The van der Waals surface area contributed by atoms with Gasteiger partial charge in [0.15, 0.2) is 0 Å². The van der Waals surface area contributed by atoms with E-state index in [0.29, 0.717) is 0 Å². The van der Waals surface area contributed by atoms with Crippen molar-refractivity contribution < 1.29 is 0 Å². The molecule has 0 N–H and O–H groups in total. The maximum Gasteiger partial charge on any atom is 0.0693 e. The van der Waals surface area contributed by atoms with Crippen molar-refractivity contribution in [2.75, 3.05) is 0 Å². The molecule has 2 rings (SSSR count). The number of thiophene rings is 1. The molecule has 2 aromatic heterocycles. The number of aryl methyl sites for hydroxylation is 1. The van der Waals surface area contributed by atoms with Gasteiger partial charge in [0.2, 0.25) is 0 Å².